The SMILES string of the molecule is CC(C)c1cccc(N(c2cccc(-c3cccc4c3oc3ccccc34)c2)c2c3ccccc3cc3c(N(c4cccc(-c5cccc6c5oc5ccccc56)c4)c4cccc(C(C)C)c4)c4ccccc4cc23)c1. The number of anilines is 6. The summed E-state index contributed by atoms with van der Waals surface area (Å²) in [7, 11) is 0. The Balaban J connectivity index is 1.06. The highest BCUT2D eigenvalue weighted by molar-refractivity contribution is 6.24. The summed E-state index contributed by atoms with van der Waals surface area (Å²) in [6.07, 6.45) is 0. The molecule has 2 heterocycles. The van der Waals surface area contributed by atoms with Crippen LogP contribution in [0.3, 0.4) is 0 Å². The second kappa shape index (κ2) is 18.2. The number of hydrogen-bond acceptors (Lipinski definition) is 4. The third kappa shape index (κ3) is 7.51. The zero-order chi connectivity index (χ0) is 51.0. The number of rotatable bonds is 10. The van der Waals surface area contributed by atoms with Crippen LogP contribution in [0.25, 0.3) is 98.4 Å². The van der Waals surface area contributed by atoms with Crippen molar-refractivity contribution in [1.29, 1.82) is 0 Å². The van der Waals surface area contributed by atoms with Crippen LogP contribution in [0, 0.1) is 0 Å². The minimum absolute atomic E-state index is 0.323. The third-order valence-electron chi connectivity index (χ3n) is 15.5. The molecule has 0 saturated heterocycles. The lowest BCUT2D eigenvalue weighted by Gasteiger charge is -2.32. The van der Waals surface area contributed by atoms with Gasteiger partial charge in [-0.15, -0.1) is 0 Å². The molecule has 0 spiro atoms. The van der Waals surface area contributed by atoms with Crippen molar-refractivity contribution in [2.75, 3.05) is 9.80 Å². The van der Waals surface area contributed by atoms with Gasteiger partial charge in [0, 0.05) is 77.0 Å². The van der Waals surface area contributed by atoms with E-state index in [2.05, 4.69) is 268 Å². The van der Waals surface area contributed by atoms with E-state index >= 15 is 0 Å². The number of nitrogens with zero attached hydrogens (tertiary/aromatic N) is 2. The first kappa shape index (κ1) is 45.3. The van der Waals surface area contributed by atoms with Crippen LogP contribution in [0.5, 0.6) is 0 Å². The number of hydrogen-bond donors (Lipinski definition) is 0. The molecule has 0 unspecified atom stereocenters. The van der Waals surface area contributed by atoms with Gasteiger partial charge < -0.3 is 18.6 Å². The zero-order valence-corrected chi connectivity index (χ0v) is 43.0. The minimum atomic E-state index is 0.323. The molecule has 0 fully saturated rings. The smallest absolute Gasteiger partial charge is 0.143 e. The van der Waals surface area contributed by atoms with Gasteiger partial charge in [-0.25, -0.2) is 0 Å². The summed E-state index contributed by atoms with van der Waals surface area (Å²) in [4.78, 5) is 5.02. The molecule has 0 N–H and O–H groups in total. The molecule has 0 radical (unpaired) electrons. The number of furan rings is 2. The van der Waals surface area contributed by atoms with Crippen molar-refractivity contribution in [1.82, 2.24) is 0 Å². The first-order valence-corrected chi connectivity index (χ1v) is 26.5. The first-order valence-electron chi connectivity index (χ1n) is 26.5. The molecule has 76 heavy (non-hydrogen) atoms. The molecule has 2 aromatic heterocycles. The Hall–Kier alpha value is -9.38. The van der Waals surface area contributed by atoms with Crippen molar-refractivity contribution < 1.29 is 8.83 Å². The Morgan fingerprint density at radius 2 is 0.645 bits per heavy atom. The Labute approximate surface area is 442 Å². The van der Waals surface area contributed by atoms with Crippen LogP contribution < -0.4 is 9.80 Å². The number of para-hydroxylation sites is 4. The predicted octanol–water partition coefficient (Wildman–Crippen LogP) is 21.5. The molecule has 4 heteroatoms. The molecular weight excluding hydrogens is 925 g/mol. The molecule has 14 rings (SSSR count). The Morgan fingerprint density at radius 1 is 0.289 bits per heavy atom. The van der Waals surface area contributed by atoms with Gasteiger partial charge in [0.2, 0.25) is 0 Å². The summed E-state index contributed by atoms with van der Waals surface area (Å²) in [5.74, 6) is 0.645. The Kier molecular flexibility index (Phi) is 10.9. The van der Waals surface area contributed by atoms with Crippen LogP contribution in [-0.2, 0) is 0 Å². The van der Waals surface area contributed by atoms with Gasteiger partial charge in [0.1, 0.15) is 22.3 Å². The summed E-state index contributed by atoms with van der Waals surface area (Å²) in [5.41, 5.74) is 16.9. The molecule has 0 bridgehead atoms. The van der Waals surface area contributed by atoms with Crippen molar-refractivity contribution in [2.24, 2.45) is 0 Å². The third-order valence-corrected chi connectivity index (χ3v) is 15.5. The van der Waals surface area contributed by atoms with E-state index in [1.165, 1.54) is 11.1 Å². The maximum absolute atomic E-state index is 6.68. The molecule has 4 nitrogen and oxygen atoms in total. The molecule has 0 aliphatic heterocycles. The largest absolute Gasteiger partial charge is 0.455 e. The van der Waals surface area contributed by atoms with E-state index in [1.54, 1.807) is 0 Å². The van der Waals surface area contributed by atoms with E-state index in [-0.39, 0.29) is 0 Å². The van der Waals surface area contributed by atoms with E-state index in [0.29, 0.717) is 11.8 Å². The van der Waals surface area contributed by atoms with Crippen LogP contribution in [0.15, 0.2) is 251 Å². The van der Waals surface area contributed by atoms with Gasteiger partial charge in [0.05, 0.1) is 11.4 Å². The molecule has 0 aliphatic carbocycles. The van der Waals surface area contributed by atoms with Crippen LogP contribution in [0.4, 0.5) is 34.1 Å². The van der Waals surface area contributed by atoms with E-state index < -0.39 is 0 Å². The summed E-state index contributed by atoms with van der Waals surface area (Å²) in [5, 5.41) is 11.4. The molecule has 364 valence electrons. The van der Waals surface area contributed by atoms with E-state index in [1.807, 2.05) is 12.1 Å². The van der Waals surface area contributed by atoms with Crippen molar-refractivity contribution in [2.45, 2.75) is 39.5 Å². The summed E-state index contributed by atoms with van der Waals surface area (Å²) in [6, 6.07) is 88.6. The van der Waals surface area contributed by atoms with Gasteiger partial charge in [-0.05, 0) is 118 Å². The van der Waals surface area contributed by atoms with Crippen LogP contribution in [-0.4, -0.2) is 0 Å². The number of fused-ring (bicyclic) bond motifs is 9. The second-order valence-electron chi connectivity index (χ2n) is 20.8. The monoisotopic (exact) mass is 978 g/mol. The van der Waals surface area contributed by atoms with Gasteiger partial charge in [-0.2, -0.15) is 0 Å². The summed E-state index contributed by atoms with van der Waals surface area (Å²) >= 11 is 0. The van der Waals surface area contributed by atoms with Gasteiger partial charge in [-0.3, -0.25) is 0 Å². The standard InChI is InChI=1S/C72H54N2O2/c1-45(2)47-21-13-25-53(39-47)73(55-27-15-23-49(41-55)59-33-17-35-63-61-31-9-11-37-67(61)75-71(59)63)69-57-29-7-5-19-51(57)44-66-65(69)43-52-20-6-8-30-58(52)70(66)74(54-26-14-22-48(40-54)46(3)4)56-28-16-24-50(42-56)60-34-18-36-64-62-32-10-12-38-68(62)76-72(60)64/h5-46H,1-4H3. The quantitative estimate of drug-likeness (QED) is 0.128. The van der Waals surface area contributed by atoms with E-state index in [9.17, 15) is 0 Å². The molecule has 0 aliphatic rings. The first-order chi connectivity index (χ1) is 37.3. The molecule has 0 atom stereocenters. The number of benzene rings is 12. The van der Waals surface area contributed by atoms with Crippen LogP contribution in [0.2, 0.25) is 0 Å². The fraction of sp³-hybridized carbons (Fsp3) is 0.0833. The molecule has 12 aromatic carbocycles. The van der Waals surface area contributed by atoms with Crippen LogP contribution in [0.1, 0.15) is 50.7 Å². The average molecular weight is 979 g/mol. The topological polar surface area (TPSA) is 32.8 Å². The highest BCUT2D eigenvalue weighted by Gasteiger charge is 2.27. The fourth-order valence-corrected chi connectivity index (χ4v) is 11.7. The van der Waals surface area contributed by atoms with E-state index in [0.717, 1.165) is 133 Å². The zero-order valence-electron chi connectivity index (χ0n) is 43.0. The maximum Gasteiger partial charge on any atom is 0.143 e. The van der Waals surface area contributed by atoms with Crippen LogP contribution >= 0.6 is 0 Å². The average Bonchev–Trinajstić information content (AvgIpc) is 4.07. The highest BCUT2D eigenvalue weighted by atomic mass is 16.3. The van der Waals surface area contributed by atoms with Gasteiger partial charge in [0.15, 0.2) is 0 Å². The molecule has 0 amide bonds. The summed E-state index contributed by atoms with van der Waals surface area (Å²) < 4.78 is 13.4. The minimum Gasteiger partial charge on any atom is -0.455 e. The van der Waals surface area contributed by atoms with Gasteiger partial charge in [-0.1, -0.05) is 198 Å². The molecular formula is C72H54N2O2. The lowest BCUT2D eigenvalue weighted by atomic mass is 9.92. The lowest BCUT2D eigenvalue weighted by molar-refractivity contribution is 0.669. The van der Waals surface area contributed by atoms with E-state index in [4.69, 9.17) is 8.83 Å². The van der Waals surface area contributed by atoms with Crippen molar-refractivity contribution >= 4 is 110 Å². The molecule has 14 aromatic rings. The Morgan fingerprint density at radius 3 is 1.08 bits per heavy atom. The second-order valence-corrected chi connectivity index (χ2v) is 20.8. The Bertz CT molecular complexity index is 4280. The van der Waals surface area contributed by atoms with Gasteiger partial charge in [0.25, 0.3) is 0 Å². The maximum atomic E-state index is 6.68. The lowest BCUT2D eigenvalue weighted by Crippen LogP contribution is -2.14. The summed E-state index contributed by atoms with van der Waals surface area (Å²) in [6.45, 7) is 9.11. The predicted molar refractivity (Wildman–Crippen MR) is 322 cm³/mol. The van der Waals surface area contributed by atoms with Crippen molar-refractivity contribution in [3.05, 3.63) is 254 Å². The van der Waals surface area contributed by atoms with Crippen molar-refractivity contribution in [3.63, 3.8) is 0 Å². The van der Waals surface area contributed by atoms with Gasteiger partial charge >= 0.3 is 0 Å². The van der Waals surface area contributed by atoms with Crippen molar-refractivity contribution in [3.8, 4) is 22.3 Å². The fourth-order valence-electron chi connectivity index (χ4n) is 11.7. The normalized spacial score (nSPS) is 11.9. The highest BCUT2D eigenvalue weighted by Crippen LogP contribution is 2.52. The molecule has 0 saturated carbocycles.